The van der Waals surface area contributed by atoms with Crippen molar-refractivity contribution in [2.75, 3.05) is 11.9 Å². The normalized spacial score (nSPS) is 14.8. The summed E-state index contributed by atoms with van der Waals surface area (Å²) < 4.78 is 11.6. The topological polar surface area (TPSA) is 139 Å². The summed E-state index contributed by atoms with van der Waals surface area (Å²) in [5.74, 6) is -0.837. The number of ether oxygens (including phenoxy) is 2. The number of amides is 1. The Morgan fingerprint density at radius 1 is 1.24 bits per heavy atom. The quantitative estimate of drug-likeness (QED) is 0.322. The van der Waals surface area contributed by atoms with Crippen LogP contribution in [0.15, 0.2) is 42.5 Å². The Kier molecular flexibility index (Phi) is 7.16. The number of benzene rings is 2. The van der Waals surface area contributed by atoms with E-state index in [1.54, 1.807) is 6.08 Å². The number of carbonyl (C=O) groups is 2. The van der Waals surface area contributed by atoms with Crippen LogP contribution >= 0.6 is 0 Å². The van der Waals surface area contributed by atoms with E-state index in [0.717, 1.165) is 18.4 Å². The molecule has 1 aliphatic heterocycles. The number of H-pyrrole nitrogens is 1. The van der Waals surface area contributed by atoms with E-state index >= 15 is 0 Å². The smallest absolute Gasteiger partial charge is 0.335 e. The minimum atomic E-state index is -1.17. The number of anilines is 1. The maximum absolute atomic E-state index is 12.6. The number of carbonyl (C=O) groups excluding carboxylic acids is 1. The Morgan fingerprint density at radius 2 is 2.06 bits per heavy atom. The lowest BCUT2D eigenvalue weighted by Gasteiger charge is -2.26. The number of carboxylic acid groups (broad SMARTS) is 1. The first-order chi connectivity index (χ1) is 16.5. The fraction of sp³-hybridized carbons (Fsp3) is 0.292. The van der Waals surface area contributed by atoms with Crippen molar-refractivity contribution in [1.29, 1.82) is 0 Å². The third kappa shape index (κ3) is 5.58. The number of unbranched alkanes of at least 4 members (excludes halogenated alkanes) is 2. The van der Waals surface area contributed by atoms with Crippen molar-refractivity contribution >= 4 is 23.6 Å². The Morgan fingerprint density at radius 3 is 2.76 bits per heavy atom. The maximum Gasteiger partial charge on any atom is 0.335 e. The first kappa shape index (κ1) is 23.0. The van der Waals surface area contributed by atoms with Gasteiger partial charge in [0.05, 0.1) is 11.3 Å². The molecule has 1 aliphatic rings. The summed E-state index contributed by atoms with van der Waals surface area (Å²) in [5.41, 5.74) is 2.30. The molecule has 1 atom stereocenters. The summed E-state index contributed by atoms with van der Waals surface area (Å²) in [6.45, 7) is 2.26. The van der Waals surface area contributed by atoms with Gasteiger partial charge in [0.25, 0.3) is 0 Å². The summed E-state index contributed by atoms with van der Waals surface area (Å²) >= 11 is 0. The third-order valence-electron chi connectivity index (χ3n) is 5.35. The van der Waals surface area contributed by atoms with Gasteiger partial charge in [-0.3, -0.25) is 4.79 Å². The maximum atomic E-state index is 12.6. The van der Waals surface area contributed by atoms with E-state index in [4.69, 9.17) is 9.47 Å². The van der Waals surface area contributed by atoms with Crippen LogP contribution in [0.1, 0.15) is 59.6 Å². The van der Waals surface area contributed by atoms with E-state index in [1.165, 1.54) is 36.6 Å². The van der Waals surface area contributed by atoms with Gasteiger partial charge >= 0.3 is 5.97 Å². The second kappa shape index (κ2) is 10.6. The highest BCUT2D eigenvalue weighted by atomic mass is 16.6. The van der Waals surface area contributed by atoms with Crippen LogP contribution in [0, 0.1) is 0 Å². The summed E-state index contributed by atoms with van der Waals surface area (Å²) in [6.07, 6.45) is 7.04. The molecule has 1 amide bonds. The fourth-order valence-corrected chi connectivity index (χ4v) is 3.56. The Balaban J connectivity index is 1.46. The van der Waals surface area contributed by atoms with Gasteiger partial charge in [-0.2, -0.15) is 0 Å². The molecule has 2 aromatic carbocycles. The standard InChI is InChI=1S/C24H25N5O5/c1-2-3-4-5-15-6-8-16(9-7-15)10-11-21(30)25-18-12-17(24(31)32)13-19-22(18)33-14-20(34-19)23-26-28-29-27-23/h6-13,20H,2-5,14H2,1H3,(H,25,30)(H,31,32)(H,26,27,28,29)/b11-10+. The number of aromatic carboxylic acids is 1. The molecule has 2 heterocycles. The summed E-state index contributed by atoms with van der Waals surface area (Å²) in [5, 5.41) is 25.6. The largest absolute Gasteiger partial charge is 0.483 e. The monoisotopic (exact) mass is 463 g/mol. The van der Waals surface area contributed by atoms with Crippen LogP contribution in [-0.2, 0) is 11.2 Å². The van der Waals surface area contributed by atoms with Crippen LogP contribution in [0.3, 0.4) is 0 Å². The second-order valence-electron chi connectivity index (χ2n) is 7.88. The molecule has 0 spiro atoms. The van der Waals surface area contributed by atoms with Crippen molar-refractivity contribution in [2.24, 2.45) is 0 Å². The average molecular weight is 463 g/mol. The van der Waals surface area contributed by atoms with Gasteiger partial charge in [-0.05, 0) is 52.6 Å². The number of hydrogen-bond acceptors (Lipinski definition) is 7. The van der Waals surface area contributed by atoms with E-state index in [0.29, 0.717) is 5.82 Å². The highest BCUT2D eigenvalue weighted by Gasteiger charge is 2.29. The SMILES string of the molecule is CCCCCc1ccc(/C=C/C(=O)Nc2cc(C(=O)O)cc3c2OCC(c2nnn[nH]2)O3)cc1. The second-order valence-corrected chi connectivity index (χ2v) is 7.88. The number of aromatic nitrogens is 4. The Hall–Kier alpha value is -4.21. The van der Waals surface area contributed by atoms with Gasteiger partial charge in [-0.15, -0.1) is 5.10 Å². The van der Waals surface area contributed by atoms with Gasteiger partial charge < -0.3 is 19.9 Å². The minimum absolute atomic E-state index is 0.0587. The molecule has 3 N–H and O–H groups in total. The lowest BCUT2D eigenvalue weighted by atomic mass is 10.1. The molecule has 176 valence electrons. The molecule has 0 radical (unpaired) electrons. The van der Waals surface area contributed by atoms with Crippen molar-refractivity contribution in [1.82, 2.24) is 20.6 Å². The molecule has 0 aliphatic carbocycles. The number of rotatable bonds is 9. The molecular weight excluding hydrogens is 438 g/mol. The molecule has 3 aromatic rings. The van der Waals surface area contributed by atoms with Crippen LogP contribution in [0.2, 0.25) is 0 Å². The molecule has 10 heteroatoms. The number of carboxylic acids is 1. The van der Waals surface area contributed by atoms with E-state index in [9.17, 15) is 14.7 Å². The van der Waals surface area contributed by atoms with Gasteiger partial charge in [-0.25, -0.2) is 9.89 Å². The van der Waals surface area contributed by atoms with Gasteiger partial charge in [0.2, 0.25) is 5.91 Å². The van der Waals surface area contributed by atoms with Crippen LogP contribution in [0.5, 0.6) is 11.5 Å². The van der Waals surface area contributed by atoms with Crippen LogP contribution in [0.4, 0.5) is 5.69 Å². The first-order valence-electron chi connectivity index (χ1n) is 11.1. The molecule has 0 fully saturated rings. The Bertz CT molecular complexity index is 1180. The molecule has 0 bridgehead atoms. The molecule has 10 nitrogen and oxygen atoms in total. The summed E-state index contributed by atoms with van der Waals surface area (Å²) in [4.78, 5) is 24.2. The predicted molar refractivity (Wildman–Crippen MR) is 124 cm³/mol. The lowest BCUT2D eigenvalue weighted by molar-refractivity contribution is -0.111. The first-order valence-corrected chi connectivity index (χ1v) is 11.1. The zero-order chi connectivity index (χ0) is 23.9. The molecule has 0 saturated carbocycles. The molecule has 0 saturated heterocycles. The van der Waals surface area contributed by atoms with Crippen LogP contribution in [0.25, 0.3) is 6.08 Å². The van der Waals surface area contributed by atoms with E-state index in [1.807, 2.05) is 12.1 Å². The van der Waals surface area contributed by atoms with Crippen molar-refractivity contribution in [3.63, 3.8) is 0 Å². The number of nitrogens with zero attached hydrogens (tertiary/aromatic N) is 3. The lowest BCUT2D eigenvalue weighted by Crippen LogP contribution is -2.24. The van der Waals surface area contributed by atoms with Gasteiger partial charge in [0.1, 0.15) is 6.61 Å². The molecule has 1 aromatic heterocycles. The van der Waals surface area contributed by atoms with Crippen molar-refractivity contribution in [3.8, 4) is 11.5 Å². The number of aryl methyl sites for hydroxylation is 1. The number of nitrogens with one attached hydrogen (secondary N) is 2. The zero-order valence-corrected chi connectivity index (χ0v) is 18.7. The summed E-state index contributed by atoms with van der Waals surface area (Å²) in [6, 6.07) is 10.7. The average Bonchev–Trinajstić information content (AvgIpc) is 3.38. The highest BCUT2D eigenvalue weighted by Crippen LogP contribution is 2.42. The predicted octanol–water partition coefficient (Wildman–Crippen LogP) is 3.80. The third-order valence-corrected chi connectivity index (χ3v) is 5.35. The summed E-state index contributed by atoms with van der Waals surface area (Å²) in [7, 11) is 0. The van der Waals surface area contributed by atoms with Crippen molar-refractivity contribution in [3.05, 3.63) is 65.0 Å². The number of tetrazole rings is 1. The van der Waals surface area contributed by atoms with Crippen molar-refractivity contribution < 1.29 is 24.2 Å². The Labute approximate surface area is 196 Å². The molecule has 1 unspecified atom stereocenters. The number of aromatic amines is 1. The number of hydrogen-bond donors (Lipinski definition) is 3. The van der Waals surface area contributed by atoms with E-state index < -0.39 is 18.0 Å². The van der Waals surface area contributed by atoms with Crippen molar-refractivity contribution in [2.45, 2.75) is 38.7 Å². The number of fused-ring (bicyclic) bond motifs is 1. The minimum Gasteiger partial charge on any atom is -0.483 e. The van der Waals surface area contributed by atoms with E-state index in [-0.39, 0.29) is 29.4 Å². The van der Waals surface area contributed by atoms with Crippen LogP contribution in [-0.4, -0.2) is 44.2 Å². The van der Waals surface area contributed by atoms with E-state index in [2.05, 4.69) is 45.0 Å². The molecule has 34 heavy (non-hydrogen) atoms. The van der Waals surface area contributed by atoms with Crippen LogP contribution < -0.4 is 14.8 Å². The van der Waals surface area contributed by atoms with Gasteiger partial charge in [0.15, 0.2) is 23.4 Å². The molecule has 4 rings (SSSR count). The zero-order valence-electron chi connectivity index (χ0n) is 18.7. The van der Waals surface area contributed by atoms with Gasteiger partial charge in [-0.1, -0.05) is 44.0 Å². The molecular formula is C24H25N5O5. The fourth-order valence-electron chi connectivity index (χ4n) is 3.56. The highest BCUT2D eigenvalue weighted by molar-refractivity contribution is 6.04. The van der Waals surface area contributed by atoms with Gasteiger partial charge in [0, 0.05) is 6.08 Å².